The number of nitrogens with two attached hydrogens (primary N) is 1. The van der Waals surface area contributed by atoms with E-state index < -0.39 is 0 Å². The summed E-state index contributed by atoms with van der Waals surface area (Å²) < 4.78 is 5.80. The van der Waals surface area contributed by atoms with Crippen molar-refractivity contribution in [3.63, 3.8) is 0 Å². The minimum Gasteiger partial charge on any atom is -0.457 e. The molecule has 0 aromatic heterocycles. The molecular weight excluding hydrogens is 234 g/mol. The predicted octanol–water partition coefficient (Wildman–Crippen LogP) is 3.63. The summed E-state index contributed by atoms with van der Waals surface area (Å²) in [6.07, 6.45) is 0.809. The molecule has 17 heavy (non-hydrogen) atoms. The van der Waals surface area contributed by atoms with E-state index in [0.29, 0.717) is 11.6 Å². The molecule has 0 aliphatic carbocycles. The molecule has 3 heteroatoms. The van der Waals surface area contributed by atoms with Crippen LogP contribution in [0.4, 0.5) is 0 Å². The van der Waals surface area contributed by atoms with Gasteiger partial charge in [0.1, 0.15) is 11.5 Å². The molecule has 0 spiro atoms. The Hall–Kier alpha value is -1.51. The molecule has 0 amide bonds. The average molecular weight is 248 g/mol. The van der Waals surface area contributed by atoms with Crippen molar-refractivity contribution in [1.82, 2.24) is 0 Å². The van der Waals surface area contributed by atoms with Crippen LogP contribution < -0.4 is 10.5 Å². The monoisotopic (exact) mass is 247 g/mol. The molecule has 0 bridgehead atoms. The Labute approximate surface area is 106 Å². The number of hydrogen-bond acceptors (Lipinski definition) is 2. The van der Waals surface area contributed by atoms with Gasteiger partial charge in [-0.15, -0.1) is 0 Å². The van der Waals surface area contributed by atoms with Crippen molar-refractivity contribution in [3.05, 3.63) is 59.1 Å². The van der Waals surface area contributed by atoms with Crippen molar-refractivity contribution in [1.29, 1.82) is 0 Å². The standard InChI is InChI=1S/C14H14ClNO/c15-12-5-7-13(8-6-12)17-14-4-2-1-3-11(14)9-10-16/h1-8H,9-10,16H2. The van der Waals surface area contributed by atoms with E-state index in [9.17, 15) is 0 Å². The van der Waals surface area contributed by atoms with Crippen LogP contribution in [0.5, 0.6) is 11.5 Å². The highest BCUT2D eigenvalue weighted by molar-refractivity contribution is 6.30. The fraction of sp³-hybridized carbons (Fsp3) is 0.143. The minimum absolute atomic E-state index is 0.612. The summed E-state index contributed by atoms with van der Waals surface area (Å²) in [6, 6.07) is 15.2. The first-order valence-corrected chi connectivity index (χ1v) is 5.89. The molecule has 0 atom stereocenters. The lowest BCUT2D eigenvalue weighted by Crippen LogP contribution is -2.03. The molecule has 2 rings (SSSR count). The van der Waals surface area contributed by atoms with Crippen molar-refractivity contribution in [2.45, 2.75) is 6.42 Å². The summed E-state index contributed by atoms with van der Waals surface area (Å²) in [4.78, 5) is 0. The first-order valence-electron chi connectivity index (χ1n) is 5.51. The topological polar surface area (TPSA) is 35.2 Å². The quantitative estimate of drug-likeness (QED) is 0.895. The average Bonchev–Trinajstić information content (AvgIpc) is 2.35. The lowest BCUT2D eigenvalue weighted by molar-refractivity contribution is 0.476. The molecule has 2 aromatic carbocycles. The first-order chi connectivity index (χ1) is 8.29. The third kappa shape index (κ3) is 3.22. The molecule has 0 aliphatic heterocycles. The molecule has 0 heterocycles. The molecule has 0 fully saturated rings. The van der Waals surface area contributed by atoms with Crippen LogP contribution in [0, 0.1) is 0 Å². The third-order valence-electron chi connectivity index (χ3n) is 2.43. The van der Waals surface area contributed by atoms with Gasteiger partial charge in [0, 0.05) is 5.02 Å². The molecule has 0 radical (unpaired) electrons. The predicted molar refractivity (Wildman–Crippen MR) is 70.7 cm³/mol. The Morgan fingerprint density at radius 2 is 1.71 bits per heavy atom. The minimum atomic E-state index is 0.612. The molecule has 2 nitrogen and oxygen atoms in total. The number of rotatable bonds is 4. The Bertz CT molecular complexity index is 482. The Balaban J connectivity index is 2.20. The summed E-state index contributed by atoms with van der Waals surface area (Å²) in [5.41, 5.74) is 6.69. The second-order valence-corrected chi connectivity index (χ2v) is 4.14. The Morgan fingerprint density at radius 1 is 1.00 bits per heavy atom. The van der Waals surface area contributed by atoms with E-state index in [1.165, 1.54) is 0 Å². The van der Waals surface area contributed by atoms with Gasteiger partial charge < -0.3 is 10.5 Å². The van der Waals surface area contributed by atoms with Crippen molar-refractivity contribution in [2.24, 2.45) is 5.73 Å². The number of halogens is 1. The van der Waals surface area contributed by atoms with E-state index in [0.717, 1.165) is 23.5 Å². The number of para-hydroxylation sites is 1. The van der Waals surface area contributed by atoms with E-state index in [-0.39, 0.29) is 0 Å². The van der Waals surface area contributed by atoms with E-state index in [4.69, 9.17) is 22.1 Å². The van der Waals surface area contributed by atoms with Gasteiger partial charge in [-0.2, -0.15) is 0 Å². The normalized spacial score (nSPS) is 10.2. The summed E-state index contributed by atoms with van der Waals surface area (Å²) >= 11 is 5.82. The van der Waals surface area contributed by atoms with E-state index >= 15 is 0 Å². The van der Waals surface area contributed by atoms with Crippen molar-refractivity contribution in [3.8, 4) is 11.5 Å². The largest absolute Gasteiger partial charge is 0.457 e. The maximum Gasteiger partial charge on any atom is 0.130 e. The zero-order valence-corrected chi connectivity index (χ0v) is 10.2. The zero-order valence-electron chi connectivity index (χ0n) is 9.40. The number of benzene rings is 2. The molecule has 2 aromatic rings. The number of ether oxygens (including phenoxy) is 1. The van der Waals surface area contributed by atoms with E-state index in [1.807, 2.05) is 48.5 Å². The van der Waals surface area contributed by atoms with Gasteiger partial charge >= 0.3 is 0 Å². The molecular formula is C14H14ClNO. The first kappa shape index (κ1) is 12.0. The smallest absolute Gasteiger partial charge is 0.130 e. The van der Waals surface area contributed by atoms with Crippen LogP contribution in [0.15, 0.2) is 48.5 Å². The van der Waals surface area contributed by atoms with Crippen LogP contribution in [-0.2, 0) is 6.42 Å². The van der Waals surface area contributed by atoms with Gasteiger partial charge in [-0.3, -0.25) is 0 Å². The second kappa shape index (κ2) is 5.71. The van der Waals surface area contributed by atoms with Gasteiger partial charge in [0.2, 0.25) is 0 Å². The fourth-order valence-corrected chi connectivity index (χ4v) is 1.72. The molecule has 0 saturated heterocycles. The Kier molecular flexibility index (Phi) is 4.02. The maximum atomic E-state index is 5.82. The van der Waals surface area contributed by atoms with Crippen molar-refractivity contribution in [2.75, 3.05) is 6.54 Å². The second-order valence-electron chi connectivity index (χ2n) is 3.70. The summed E-state index contributed by atoms with van der Waals surface area (Å²) in [6.45, 7) is 0.612. The van der Waals surface area contributed by atoms with Gasteiger partial charge in [0.25, 0.3) is 0 Å². The fourth-order valence-electron chi connectivity index (χ4n) is 1.60. The maximum absolute atomic E-state index is 5.82. The lowest BCUT2D eigenvalue weighted by atomic mass is 10.1. The van der Waals surface area contributed by atoms with E-state index in [1.54, 1.807) is 0 Å². The van der Waals surface area contributed by atoms with Gasteiger partial charge in [-0.25, -0.2) is 0 Å². The summed E-state index contributed by atoms with van der Waals surface area (Å²) in [5, 5.41) is 0.701. The third-order valence-corrected chi connectivity index (χ3v) is 2.68. The number of hydrogen-bond donors (Lipinski definition) is 1. The molecule has 0 unspecified atom stereocenters. The highest BCUT2D eigenvalue weighted by Gasteiger charge is 2.03. The summed E-state index contributed by atoms with van der Waals surface area (Å²) in [5.74, 6) is 1.62. The van der Waals surface area contributed by atoms with E-state index in [2.05, 4.69) is 0 Å². The van der Waals surface area contributed by atoms with Crippen LogP contribution in [0.25, 0.3) is 0 Å². The van der Waals surface area contributed by atoms with Crippen LogP contribution in [0.2, 0.25) is 5.02 Å². The van der Waals surface area contributed by atoms with Gasteiger partial charge in [0.05, 0.1) is 0 Å². The highest BCUT2D eigenvalue weighted by Crippen LogP contribution is 2.26. The molecule has 0 aliphatic rings. The molecule has 2 N–H and O–H groups in total. The van der Waals surface area contributed by atoms with Crippen LogP contribution >= 0.6 is 11.6 Å². The lowest BCUT2D eigenvalue weighted by Gasteiger charge is -2.10. The molecule has 88 valence electrons. The summed E-state index contributed by atoms with van der Waals surface area (Å²) in [7, 11) is 0. The van der Waals surface area contributed by atoms with Crippen LogP contribution in [0.1, 0.15) is 5.56 Å². The van der Waals surface area contributed by atoms with Gasteiger partial charge in [-0.1, -0.05) is 29.8 Å². The highest BCUT2D eigenvalue weighted by atomic mass is 35.5. The Morgan fingerprint density at radius 3 is 2.41 bits per heavy atom. The molecule has 0 saturated carbocycles. The van der Waals surface area contributed by atoms with Crippen LogP contribution in [0.3, 0.4) is 0 Å². The van der Waals surface area contributed by atoms with Gasteiger partial charge in [-0.05, 0) is 48.9 Å². The van der Waals surface area contributed by atoms with Crippen molar-refractivity contribution < 1.29 is 4.74 Å². The zero-order chi connectivity index (χ0) is 12.1. The van der Waals surface area contributed by atoms with Crippen LogP contribution in [-0.4, -0.2) is 6.54 Å². The SMILES string of the molecule is NCCc1ccccc1Oc1ccc(Cl)cc1. The van der Waals surface area contributed by atoms with Gasteiger partial charge in [0.15, 0.2) is 0 Å². The van der Waals surface area contributed by atoms with Crippen molar-refractivity contribution >= 4 is 11.6 Å².